The van der Waals surface area contributed by atoms with Crippen LogP contribution in [-0.4, -0.2) is 30.1 Å². The van der Waals surface area contributed by atoms with E-state index in [1.165, 1.54) is 16.0 Å². The van der Waals surface area contributed by atoms with Gasteiger partial charge in [-0.1, -0.05) is 24.3 Å². The van der Waals surface area contributed by atoms with E-state index in [4.69, 9.17) is 0 Å². The summed E-state index contributed by atoms with van der Waals surface area (Å²) in [7, 11) is 2.18. The predicted molar refractivity (Wildman–Crippen MR) is 91.4 cm³/mol. The Bertz CT molecular complexity index is 672. The third kappa shape index (κ3) is 2.15. The lowest BCUT2D eigenvalue weighted by atomic mass is 9.71. The van der Waals surface area contributed by atoms with Crippen molar-refractivity contribution in [3.63, 3.8) is 0 Å². The Hall–Kier alpha value is -1.16. The minimum absolute atomic E-state index is 0.316. The first-order valence-electron chi connectivity index (χ1n) is 8.25. The average Bonchev–Trinajstić information content (AvgIpc) is 2.98. The standard InChI is InChI=1S/C19H23NOS/c1-20-11-8-15(9-12-20)19(21)16-5-3-2-4-14(16)6-7-18-17(19)10-13-22-18/h2-5,10,13,15,21H,6-9,11-12H2,1H3. The van der Waals surface area contributed by atoms with Gasteiger partial charge in [0.25, 0.3) is 0 Å². The molecule has 2 nitrogen and oxygen atoms in total. The first kappa shape index (κ1) is 14.4. The molecule has 1 unspecified atom stereocenters. The fraction of sp³-hybridized carbons (Fsp3) is 0.474. The normalized spacial score (nSPS) is 26.3. The molecule has 1 aromatic heterocycles. The third-order valence-corrected chi connectivity index (χ3v) is 6.50. The topological polar surface area (TPSA) is 23.5 Å². The number of likely N-dealkylation sites (tertiary alicyclic amines) is 1. The number of hydrogen-bond donors (Lipinski definition) is 1. The van der Waals surface area contributed by atoms with E-state index in [1.54, 1.807) is 11.3 Å². The molecule has 2 aliphatic rings. The second-order valence-corrected chi connectivity index (χ2v) is 7.76. The number of piperidine rings is 1. The second-order valence-electron chi connectivity index (χ2n) is 6.76. The number of nitrogens with zero attached hydrogens (tertiary/aromatic N) is 1. The Kier molecular flexibility index (Phi) is 3.60. The average molecular weight is 313 g/mol. The monoisotopic (exact) mass is 313 g/mol. The van der Waals surface area contributed by atoms with E-state index in [2.05, 4.69) is 47.7 Å². The van der Waals surface area contributed by atoms with Gasteiger partial charge in [0.15, 0.2) is 0 Å². The fourth-order valence-corrected chi connectivity index (χ4v) is 5.18. The van der Waals surface area contributed by atoms with Gasteiger partial charge < -0.3 is 10.0 Å². The van der Waals surface area contributed by atoms with E-state index in [-0.39, 0.29) is 0 Å². The number of aryl methyl sites for hydroxylation is 2. The Morgan fingerprint density at radius 3 is 2.68 bits per heavy atom. The van der Waals surface area contributed by atoms with E-state index in [0.717, 1.165) is 44.3 Å². The Morgan fingerprint density at radius 1 is 1.09 bits per heavy atom. The number of rotatable bonds is 1. The van der Waals surface area contributed by atoms with Gasteiger partial charge in [-0.25, -0.2) is 0 Å². The van der Waals surface area contributed by atoms with Crippen molar-refractivity contribution in [2.75, 3.05) is 20.1 Å². The summed E-state index contributed by atoms with van der Waals surface area (Å²) in [5.41, 5.74) is 2.86. The van der Waals surface area contributed by atoms with Gasteiger partial charge in [-0.15, -0.1) is 11.3 Å². The van der Waals surface area contributed by atoms with Crippen molar-refractivity contribution in [3.8, 4) is 0 Å². The molecule has 1 saturated heterocycles. The zero-order valence-electron chi connectivity index (χ0n) is 13.1. The molecule has 0 bridgehead atoms. The van der Waals surface area contributed by atoms with Gasteiger partial charge in [-0.05, 0) is 74.3 Å². The maximum Gasteiger partial charge on any atom is 0.119 e. The van der Waals surface area contributed by atoms with Crippen LogP contribution in [0.1, 0.15) is 34.4 Å². The lowest BCUT2D eigenvalue weighted by molar-refractivity contribution is -0.0110. The smallest absolute Gasteiger partial charge is 0.119 e. The fourth-order valence-electron chi connectivity index (χ4n) is 4.24. The Labute approximate surface area is 136 Å². The van der Waals surface area contributed by atoms with E-state index in [9.17, 15) is 5.11 Å². The molecule has 116 valence electrons. The molecule has 1 atom stereocenters. The molecular formula is C19H23NOS. The van der Waals surface area contributed by atoms with Crippen molar-refractivity contribution < 1.29 is 5.11 Å². The van der Waals surface area contributed by atoms with Crippen molar-refractivity contribution in [1.29, 1.82) is 0 Å². The van der Waals surface area contributed by atoms with Crippen molar-refractivity contribution in [3.05, 3.63) is 57.3 Å². The van der Waals surface area contributed by atoms with Crippen LogP contribution in [0, 0.1) is 5.92 Å². The molecule has 0 amide bonds. The van der Waals surface area contributed by atoms with Crippen LogP contribution in [0.4, 0.5) is 0 Å². The van der Waals surface area contributed by atoms with Gasteiger partial charge in [-0.3, -0.25) is 0 Å². The molecule has 22 heavy (non-hydrogen) atoms. The van der Waals surface area contributed by atoms with Crippen LogP contribution < -0.4 is 0 Å². The summed E-state index contributed by atoms with van der Waals surface area (Å²) in [6.45, 7) is 2.16. The summed E-state index contributed by atoms with van der Waals surface area (Å²) in [6, 6.07) is 10.7. The van der Waals surface area contributed by atoms with Crippen LogP contribution in [0.25, 0.3) is 0 Å². The van der Waals surface area contributed by atoms with E-state index in [0.29, 0.717) is 5.92 Å². The maximum atomic E-state index is 11.9. The zero-order chi connectivity index (χ0) is 15.2. The minimum atomic E-state index is -0.802. The highest BCUT2D eigenvalue weighted by molar-refractivity contribution is 7.10. The quantitative estimate of drug-likeness (QED) is 0.872. The number of aliphatic hydroxyl groups is 1. The summed E-state index contributed by atoms with van der Waals surface area (Å²) in [4.78, 5) is 3.74. The SMILES string of the molecule is CN1CCC(C2(O)c3ccccc3CCc3sccc32)CC1. The molecule has 1 aromatic carbocycles. The summed E-state index contributed by atoms with van der Waals surface area (Å²) >= 11 is 1.81. The molecule has 0 spiro atoms. The van der Waals surface area contributed by atoms with Gasteiger partial charge in [0.2, 0.25) is 0 Å². The predicted octanol–water partition coefficient (Wildman–Crippen LogP) is 3.42. The molecule has 2 aromatic rings. The lowest BCUT2D eigenvalue weighted by Gasteiger charge is -2.41. The molecule has 1 aliphatic carbocycles. The molecule has 3 heteroatoms. The van der Waals surface area contributed by atoms with Crippen LogP contribution >= 0.6 is 11.3 Å². The van der Waals surface area contributed by atoms with Crippen LogP contribution in [0.15, 0.2) is 35.7 Å². The highest BCUT2D eigenvalue weighted by Gasteiger charge is 2.45. The molecule has 0 radical (unpaired) electrons. The molecular weight excluding hydrogens is 290 g/mol. The second kappa shape index (κ2) is 5.48. The summed E-state index contributed by atoms with van der Waals surface area (Å²) in [5, 5.41) is 14.1. The number of thiophene rings is 1. The molecule has 1 aliphatic heterocycles. The van der Waals surface area contributed by atoms with Crippen molar-refractivity contribution >= 4 is 11.3 Å². The van der Waals surface area contributed by atoms with Gasteiger partial charge in [0, 0.05) is 10.4 Å². The molecule has 1 N–H and O–H groups in total. The summed E-state index contributed by atoms with van der Waals surface area (Å²) in [6.07, 6.45) is 4.23. The summed E-state index contributed by atoms with van der Waals surface area (Å²) < 4.78 is 0. The van der Waals surface area contributed by atoms with Crippen LogP contribution in [0.2, 0.25) is 0 Å². The van der Waals surface area contributed by atoms with E-state index >= 15 is 0 Å². The number of hydrogen-bond acceptors (Lipinski definition) is 3. The van der Waals surface area contributed by atoms with Gasteiger partial charge in [-0.2, -0.15) is 0 Å². The highest BCUT2D eigenvalue weighted by Crippen LogP contribution is 2.47. The molecule has 0 saturated carbocycles. The van der Waals surface area contributed by atoms with Gasteiger partial charge >= 0.3 is 0 Å². The van der Waals surface area contributed by atoms with E-state index < -0.39 is 5.60 Å². The summed E-state index contributed by atoms with van der Waals surface area (Å²) in [5.74, 6) is 0.316. The molecule has 1 fully saturated rings. The highest BCUT2D eigenvalue weighted by atomic mass is 32.1. The van der Waals surface area contributed by atoms with Crippen molar-refractivity contribution in [1.82, 2.24) is 4.90 Å². The first-order chi connectivity index (χ1) is 10.7. The first-order valence-corrected chi connectivity index (χ1v) is 9.13. The lowest BCUT2D eigenvalue weighted by Crippen LogP contribution is -2.43. The van der Waals surface area contributed by atoms with Crippen LogP contribution in [0.3, 0.4) is 0 Å². The van der Waals surface area contributed by atoms with Gasteiger partial charge in [0.1, 0.15) is 5.60 Å². The van der Waals surface area contributed by atoms with Crippen LogP contribution in [0.5, 0.6) is 0 Å². The Balaban J connectivity index is 1.86. The molecule has 2 heterocycles. The van der Waals surface area contributed by atoms with Crippen molar-refractivity contribution in [2.45, 2.75) is 31.3 Å². The number of benzene rings is 1. The minimum Gasteiger partial charge on any atom is -0.380 e. The number of fused-ring (bicyclic) bond motifs is 2. The molecule has 4 rings (SSSR count). The van der Waals surface area contributed by atoms with Gasteiger partial charge in [0.05, 0.1) is 0 Å². The maximum absolute atomic E-state index is 11.9. The van der Waals surface area contributed by atoms with Crippen molar-refractivity contribution in [2.24, 2.45) is 5.92 Å². The third-order valence-electron chi connectivity index (χ3n) is 5.51. The van der Waals surface area contributed by atoms with Crippen LogP contribution in [-0.2, 0) is 18.4 Å². The largest absolute Gasteiger partial charge is 0.380 e. The zero-order valence-corrected chi connectivity index (χ0v) is 13.9. The Morgan fingerprint density at radius 2 is 1.86 bits per heavy atom. The van der Waals surface area contributed by atoms with E-state index in [1.807, 2.05) is 0 Å².